The summed E-state index contributed by atoms with van der Waals surface area (Å²) in [7, 11) is 1.56. The van der Waals surface area contributed by atoms with Gasteiger partial charge in [0.25, 0.3) is 11.7 Å². The van der Waals surface area contributed by atoms with Crippen molar-refractivity contribution in [2.24, 2.45) is 5.41 Å². The van der Waals surface area contributed by atoms with Gasteiger partial charge in [-0.3, -0.25) is 9.59 Å². The highest BCUT2D eigenvalue weighted by atomic mass is 16.5. The number of rotatable bonds is 5. The standard InChI is InChI=1S/C13H21N5O3/c1-13(2,12(20)14-3)7-16-10(19)9-17-11(21-18-9)8-5-4-6-15-8/h8,15H,4-7H2,1-3H3,(H,14,20)(H,16,19). The molecular formula is C13H21N5O3. The quantitative estimate of drug-likeness (QED) is 0.705. The van der Waals surface area contributed by atoms with Gasteiger partial charge in [0, 0.05) is 13.6 Å². The Balaban J connectivity index is 1.93. The average molecular weight is 295 g/mol. The molecule has 21 heavy (non-hydrogen) atoms. The lowest BCUT2D eigenvalue weighted by atomic mass is 9.92. The second-order valence-corrected chi connectivity index (χ2v) is 5.75. The van der Waals surface area contributed by atoms with Gasteiger partial charge in [-0.05, 0) is 33.2 Å². The van der Waals surface area contributed by atoms with Gasteiger partial charge >= 0.3 is 0 Å². The van der Waals surface area contributed by atoms with Gasteiger partial charge in [0.2, 0.25) is 11.8 Å². The Morgan fingerprint density at radius 3 is 2.86 bits per heavy atom. The Morgan fingerprint density at radius 2 is 2.24 bits per heavy atom. The summed E-state index contributed by atoms with van der Waals surface area (Å²) < 4.78 is 5.11. The lowest BCUT2D eigenvalue weighted by molar-refractivity contribution is -0.128. The third kappa shape index (κ3) is 3.57. The van der Waals surface area contributed by atoms with Crippen LogP contribution in [-0.4, -0.2) is 42.1 Å². The van der Waals surface area contributed by atoms with E-state index in [1.807, 2.05) is 0 Å². The topological polar surface area (TPSA) is 109 Å². The first-order chi connectivity index (χ1) is 9.94. The molecule has 1 aliphatic heterocycles. The second-order valence-electron chi connectivity index (χ2n) is 5.75. The molecule has 1 unspecified atom stereocenters. The van der Waals surface area contributed by atoms with E-state index in [1.54, 1.807) is 20.9 Å². The minimum atomic E-state index is -0.704. The zero-order valence-electron chi connectivity index (χ0n) is 12.5. The zero-order chi connectivity index (χ0) is 15.5. The summed E-state index contributed by atoms with van der Waals surface area (Å²) in [5.41, 5.74) is -0.704. The molecule has 2 rings (SSSR count). The van der Waals surface area contributed by atoms with Crippen molar-refractivity contribution in [1.82, 2.24) is 26.1 Å². The molecule has 2 heterocycles. The van der Waals surface area contributed by atoms with Crippen LogP contribution < -0.4 is 16.0 Å². The van der Waals surface area contributed by atoms with Crippen LogP contribution in [0.2, 0.25) is 0 Å². The van der Waals surface area contributed by atoms with Crippen molar-refractivity contribution in [3.8, 4) is 0 Å². The van der Waals surface area contributed by atoms with Gasteiger partial charge in [-0.25, -0.2) is 0 Å². The van der Waals surface area contributed by atoms with E-state index in [9.17, 15) is 9.59 Å². The monoisotopic (exact) mass is 295 g/mol. The molecule has 1 fully saturated rings. The third-order valence-corrected chi connectivity index (χ3v) is 3.54. The second kappa shape index (κ2) is 6.21. The molecule has 0 bridgehead atoms. The van der Waals surface area contributed by atoms with E-state index in [0.29, 0.717) is 5.89 Å². The lowest BCUT2D eigenvalue weighted by Crippen LogP contribution is -2.43. The van der Waals surface area contributed by atoms with E-state index in [0.717, 1.165) is 19.4 Å². The highest BCUT2D eigenvalue weighted by Gasteiger charge is 2.29. The number of carbonyl (C=O) groups excluding carboxylic acids is 2. The largest absolute Gasteiger partial charge is 0.359 e. The van der Waals surface area contributed by atoms with Crippen molar-refractivity contribution in [2.45, 2.75) is 32.7 Å². The van der Waals surface area contributed by atoms with E-state index < -0.39 is 11.3 Å². The molecular weight excluding hydrogens is 274 g/mol. The summed E-state index contributed by atoms with van der Waals surface area (Å²) in [5.74, 6) is -0.165. The van der Waals surface area contributed by atoms with E-state index in [-0.39, 0.29) is 24.3 Å². The van der Waals surface area contributed by atoms with Gasteiger partial charge in [-0.2, -0.15) is 4.98 Å². The van der Waals surface area contributed by atoms with Crippen molar-refractivity contribution < 1.29 is 14.1 Å². The van der Waals surface area contributed by atoms with Crippen LogP contribution in [0.1, 0.15) is 49.2 Å². The number of hydrogen-bond donors (Lipinski definition) is 3. The first kappa shape index (κ1) is 15.4. The predicted octanol–water partition coefficient (Wildman–Crippen LogP) is -0.00390. The molecule has 0 aromatic carbocycles. The molecule has 0 spiro atoms. The number of hydrogen-bond acceptors (Lipinski definition) is 6. The molecule has 1 atom stereocenters. The Kier molecular flexibility index (Phi) is 4.56. The van der Waals surface area contributed by atoms with Crippen molar-refractivity contribution in [3.63, 3.8) is 0 Å². The average Bonchev–Trinajstić information content (AvgIpc) is 3.13. The zero-order valence-corrected chi connectivity index (χ0v) is 12.5. The third-order valence-electron chi connectivity index (χ3n) is 3.54. The van der Waals surface area contributed by atoms with Gasteiger partial charge in [-0.1, -0.05) is 5.16 Å². The van der Waals surface area contributed by atoms with Crippen LogP contribution in [0.15, 0.2) is 4.52 Å². The first-order valence-corrected chi connectivity index (χ1v) is 7.01. The van der Waals surface area contributed by atoms with Gasteiger partial charge in [0.15, 0.2) is 0 Å². The molecule has 116 valence electrons. The van der Waals surface area contributed by atoms with Crippen LogP contribution in [0.25, 0.3) is 0 Å². The van der Waals surface area contributed by atoms with Gasteiger partial charge in [0.05, 0.1) is 11.5 Å². The smallest absolute Gasteiger partial charge is 0.292 e. The molecule has 1 saturated heterocycles. The summed E-state index contributed by atoms with van der Waals surface area (Å²) in [5, 5.41) is 12.1. The van der Waals surface area contributed by atoms with Gasteiger partial charge in [-0.15, -0.1) is 0 Å². The fourth-order valence-corrected chi connectivity index (χ4v) is 2.16. The summed E-state index contributed by atoms with van der Waals surface area (Å²) >= 11 is 0. The molecule has 0 aliphatic carbocycles. The Hall–Kier alpha value is -1.96. The molecule has 0 radical (unpaired) electrons. The Labute approximate surface area is 123 Å². The predicted molar refractivity (Wildman–Crippen MR) is 74.5 cm³/mol. The van der Waals surface area contributed by atoms with E-state index in [2.05, 4.69) is 26.1 Å². The molecule has 8 heteroatoms. The lowest BCUT2D eigenvalue weighted by Gasteiger charge is -2.22. The summed E-state index contributed by atoms with van der Waals surface area (Å²) in [4.78, 5) is 27.7. The maximum Gasteiger partial charge on any atom is 0.292 e. The van der Waals surface area contributed by atoms with Crippen LogP contribution in [0.5, 0.6) is 0 Å². The first-order valence-electron chi connectivity index (χ1n) is 7.01. The van der Waals surface area contributed by atoms with Gasteiger partial charge in [0.1, 0.15) is 0 Å². The van der Waals surface area contributed by atoms with Crippen molar-refractivity contribution >= 4 is 11.8 Å². The SMILES string of the molecule is CNC(=O)C(C)(C)CNC(=O)c1noc(C2CCCN2)n1. The molecule has 0 saturated carbocycles. The number of nitrogens with zero attached hydrogens (tertiary/aromatic N) is 2. The maximum atomic E-state index is 12.0. The number of nitrogens with one attached hydrogen (secondary N) is 3. The number of carbonyl (C=O) groups is 2. The van der Waals surface area contributed by atoms with Crippen LogP contribution in [0.3, 0.4) is 0 Å². The van der Waals surface area contributed by atoms with Crippen molar-refractivity contribution in [1.29, 1.82) is 0 Å². The molecule has 2 amide bonds. The highest BCUT2D eigenvalue weighted by Crippen LogP contribution is 2.21. The molecule has 8 nitrogen and oxygen atoms in total. The van der Waals surface area contributed by atoms with Crippen molar-refractivity contribution in [3.05, 3.63) is 11.7 Å². The Morgan fingerprint density at radius 1 is 1.48 bits per heavy atom. The fourth-order valence-electron chi connectivity index (χ4n) is 2.16. The molecule has 3 N–H and O–H groups in total. The van der Waals surface area contributed by atoms with Crippen LogP contribution >= 0.6 is 0 Å². The number of aromatic nitrogens is 2. The summed E-state index contributed by atoms with van der Waals surface area (Å²) in [6, 6.07) is 0.0290. The minimum Gasteiger partial charge on any atom is -0.359 e. The van der Waals surface area contributed by atoms with E-state index in [1.165, 1.54) is 0 Å². The normalized spacial score (nSPS) is 18.5. The van der Waals surface area contributed by atoms with Crippen LogP contribution in [-0.2, 0) is 4.79 Å². The van der Waals surface area contributed by atoms with Gasteiger partial charge < -0.3 is 20.5 Å². The molecule has 1 aliphatic rings. The fraction of sp³-hybridized carbons (Fsp3) is 0.692. The van der Waals surface area contributed by atoms with Crippen LogP contribution in [0.4, 0.5) is 0 Å². The maximum absolute atomic E-state index is 12.0. The van der Waals surface area contributed by atoms with Crippen LogP contribution in [0, 0.1) is 5.41 Å². The molecule has 1 aromatic rings. The number of amides is 2. The Bertz CT molecular complexity index is 520. The van der Waals surface area contributed by atoms with E-state index in [4.69, 9.17) is 4.52 Å². The summed E-state index contributed by atoms with van der Waals surface area (Å²) in [6.45, 7) is 4.60. The highest BCUT2D eigenvalue weighted by molar-refractivity contribution is 5.91. The molecule has 1 aromatic heterocycles. The van der Waals surface area contributed by atoms with Crippen molar-refractivity contribution in [2.75, 3.05) is 20.1 Å². The van der Waals surface area contributed by atoms with E-state index >= 15 is 0 Å². The minimum absolute atomic E-state index is 0.00796. The summed E-state index contributed by atoms with van der Waals surface area (Å²) in [6.07, 6.45) is 1.97.